The summed E-state index contributed by atoms with van der Waals surface area (Å²) in [6.07, 6.45) is 2.51. The Morgan fingerprint density at radius 1 is 1.53 bits per heavy atom. The van der Waals surface area contributed by atoms with Crippen molar-refractivity contribution in [2.45, 2.75) is 26.7 Å². The number of esters is 1. The lowest BCUT2D eigenvalue weighted by Crippen LogP contribution is -2.08. The van der Waals surface area contributed by atoms with Crippen LogP contribution in [0.5, 0.6) is 0 Å². The first-order valence-corrected chi connectivity index (χ1v) is 5.58. The van der Waals surface area contributed by atoms with Crippen LogP contribution in [-0.4, -0.2) is 29.0 Å². The lowest BCUT2D eigenvalue weighted by atomic mass is 10.1. The molecule has 0 aliphatic carbocycles. The molecule has 6 heteroatoms. The minimum Gasteiger partial charge on any atom is -0.462 e. The van der Waals surface area contributed by atoms with Gasteiger partial charge in [-0.2, -0.15) is 0 Å². The minimum absolute atomic E-state index is 0.143. The molecule has 6 nitrogen and oxygen atoms in total. The average Bonchev–Trinajstić information content (AvgIpc) is 2.69. The van der Waals surface area contributed by atoms with Gasteiger partial charge in [0.25, 0.3) is 0 Å². The van der Waals surface area contributed by atoms with Gasteiger partial charge < -0.3 is 9.72 Å². The van der Waals surface area contributed by atoms with Crippen molar-refractivity contribution in [3.8, 4) is 0 Å². The number of aromatic nitrogens is 1. The van der Waals surface area contributed by atoms with Crippen molar-refractivity contribution in [3.05, 3.63) is 33.1 Å². The Morgan fingerprint density at radius 2 is 2.24 bits per heavy atom. The fourth-order valence-corrected chi connectivity index (χ4v) is 1.72. The number of nitro groups is 1. The first-order chi connectivity index (χ1) is 8.10. The van der Waals surface area contributed by atoms with E-state index in [0.29, 0.717) is 25.0 Å². The molecular formula is C11H16N2O4. The number of carbonyl (C=O) groups is 1. The third-order valence-electron chi connectivity index (χ3n) is 2.47. The van der Waals surface area contributed by atoms with Crippen molar-refractivity contribution in [2.24, 2.45) is 0 Å². The number of rotatable bonds is 6. The third-order valence-corrected chi connectivity index (χ3v) is 2.47. The summed E-state index contributed by atoms with van der Waals surface area (Å²) >= 11 is 0. The molecule has 0 aromatic carbocycles. The number of hydrogen-bond donors (Lipinski definition) is 1. The minimum atomic E-state index is -0.382. The molecule has 0 fully saturated rings. The molecule has 0 radical (unpaired) electrons. The van der Waals surface area contributed by atoms with Gasteiger partial charge in [-0.05, 0) is 18.9 Å². The molecule has 0 aliphatic heterocycles. The van der Waals surface area contributed by atoms with E-state index in [0.717, 1.165) is 11.3 Å². The molecule has 1 rings (SSSR count). The molecule has 94 valence electrons. The highest BCUT2D eigenvalue weighted by Crippen LogP contribution is 2.16. The quantitative estimate of drug-likeness (QED) is 0.464. The fourth-order valence-electron chi connectivity index (χ4n) is 1.72. The summed E-state index contributed by atoms with van der Waals surface area (Å²) in [6.45, 7) is 3.82. The Morgan fingerprint density at radius 3 is 2.76 bits per heavy atom. The van der Waals surface area contributed by atoms with E-state index in [4.69, 9.17) is 4.74 Å². The van der Waals surface area contributed by atoms with Crippen LogP contribution in [0.1, 0.15) is 35.5 Å². The normalized spacial score (nSPS) is 10.2. The van der Waals surface area contributed by atoms with Gasteiger partial charge in [-0.1, -0.05) is 6.92 Å². The predicted molar refractivity (Wildman–Crippen MR) is 61.7 cm³/mol. The first kappa shape index (κ1) is 13.2. The number of nitrogens with one attached hydrogen (secondary N) is 1. The van der Waals surface area contributed by atoms with Gasteiger partial charge in [-0.15, -0.1) is 0 Å². The van der Waals surface area contributed by atoms with Crippen molar-refractivity contribution < 1.29 is 14.5 Å². The van der Waals surface area contributed by atoms with Crippen molar-refractivity contribution in [2.75, 3.05) is 13.2 Å². The Labute approximate surface area is 99.1 Å². The summed E-state index contributed by atoms with van der Waals surface area (Å²) in [5.74, 6) is -0.382. The second-order valence-electron chi connectivity index (χ2n) is 3.54. The molecule has 0 amide bonds. The Bertz CT molecular complexity index is 412. The van der Waals surface area contributed by atoms with Gasteiger partial charge in [-0.3, -0.25) is 10.1 Å². The number of aromatic amines is 1. The summed E-state index contributed by atoms with van der Waals surface area (Å²) in [5.41, 5.74) is 2.03. The van der Waals surface area contributed by atoms with E-state index in [2.05, 4.69) is 4.98 Å². The summed E-state index contributed by atoms with van der Waals surface area (Å²) in [5, 5.41) is 10.3. The number of hydrogen-bond acceptors (Lipinski definition) is 4. The number of carbonyl (C=O) groups excluding carboxylic acids is 1. The predicted octanol–water partition coefficient (Wildman–Crippen LogP) is 1.57. The van der Waals surface area contributed by atoms with Crippen LogP contribution in [0, 0.1) is 10.1 Å². The van der Waals surface area contributed by atoms with Crippen LogP contribution in [0.3, 0.4) is 0 Å². The van der Waals surface area contributed by atoms with Gasteiger partial charge in [0.2, 0.25) is 6.54 Å². The van der Waals surface area contributed by atoms with E-state index < -0.39 is 0 Å². The maximum absolute atomic E-state index is 11.6. The third kappa shape index (κ3) is 3.30. The van der Waals surface area contributed by atoms with Gasteiger partial charge in [0.1, 0.15) is 0 Å². The average molecular weight is 240 g/mol. The molecule has 17 heavy (non-hydrogen) atoms. The molecule has 0 saturated heterocycles. The molecule has 0 unspecified atom stereocenters. The van der Waals surface area contributed by atoms with Crippen LogP contribution in [-0.2, 0) is 17.6 Å². The van der Waals surface area contributed by atoms with Gasteiger partial charge in [0, 0.05) is 16.8 Å². The Hall–Kier alpha value is -1.85. The van der Waals surface area contributed by atoms with Gasteiger partial charge >= 0.3 is 5.97 Å². The monoisotopic (exact) mass is 240 g/mol. The van der Waals surface area contributed by atoms with Gasteiger partial charge in [0.05, 0.1) is 18.6 Å². The Kier molecular flexibility index (Phi) is 4.68. The van der Waals surface area contributed by atoms with E-state index >= 15 is 0 Å². The molecule has 1 heterocycles. The van der Waals surface area contributed by atoms with E-state index in [1.807, 2.05) is 6.92 Å². The lowest BCUT2D eigenvalue weighted by Gasteiger charge is -2.03. The fraction of sp³-hybridized carbons (Fsp3) is 0.545. The maximum Gasteiger partial charge on any atom is 0.339 e. The van der Waals surface area contributed by atoms with Crippen LogP contribution in [0.4, 0.5) is 0 Å². The largest absolute Gasteiger partial charge is 0.462 e. The van der Waals surface area contributed by atoms with Crippen LogP contribution >= 0.6 is 0 Å². The number of ether oxygens (including phenoxy) is 1. The van der Waals surface area contributed by atoms with Crippen molar-refractivity contribution in [1.29, 1.82) is 0 Å². The maximum atomic E-state index is 11.6. The smallest absolute Gasteiger partial charge is 0.339 e. The summed E-state index contributed by atoms with van der Waals surface area (Å²) in [6, 6.07) is 0. The van der Waals surface area contributed by atoms with Crippen LogP contribution in [0.15, 0.2) is 6.20 Å². The van der Waals surface area contributed by atoms with Crippen molar-refractivity contribution in [1.82, 2.24) is 4.98 Å². The molecule has 1 aromatic rings. The topological polar surface area (TPSA) is 85.2 Å². The number of H-pyrrole nitrogens is 1. The van der Waals surface area contributed by atoms with Gasteiger partial charge in [-0.25, -0.2) is 4.79 Å². The highest BCUT2D eigenvalue weighted by Gasteiger charge is 2.17. The highest BCUT2D eigenvalue weighted by molar-refractivity contribution is 5.91. The summed E-state index contributed by atoms with van der Waals surface area (Å²) in [7, 11) is 0. The molecular weight excluding hydrogens is 224 g/mol. The summed E-state index contributed by atoms with van der Waals surface area (Å²) in [4.78, 5) is 24.5. The molecule has 0 bridgehead atoms. The number of nitrogens with zero attached hydrogens (tertiary/aromatic N) is 1. The molecule has 0 aliphatic rings. The molecule has 0 saturated carbocycles. The standard InChI is InChI=1S/C11H16N2O4/c1-3-8-9(11(14)17-4-2)7-12-10(8)5-6-13(15)16/h7,12H,3-6H2,1-2H3. The molecule has 0 atom stereocenters. The zero-order valence-corrected chi connectivity index (χ0v) is 9.99. The SMILES string of the molecule is CCOC(=O)c1c[nH]c(CC[N+](=O)[O-])c1CC. The zero-order valence-electron chi connectivity index (χ0n) is 9.99. The summed E-state index contributed by atoms with van der Waals surface area (Å²) < 4.78 is 4.92. The van der Waals surface area contributed by atoms with Crippen molar-refractivity contribution >= 4 is 5.97 Å². The van der Waals surface area contributed by atoms with E-state index in [1.54, 1.807) is 13.1 Å². The van der Waals surface area contributed by atoms with E-state index in [9.17, 15) is 14.9 Å². The zero-order chi connectivity index (χ0) is 12.8. The van der Waals surface area contributed by atoms with Crippen molar-refractivity contribution in [3.63, 3.8) is 0 Å². The van der Waals surface area contributed by atoms with Crippen LogP contribution in [0.25, 0.3) is 0 Å². The van der Waals surface area contributed by atoms with E-state index in [-0.39, 0.29) is 17.4 Å². The van der Waals surface area contributed by atoms with E-state index in [1.165, 1.54) is 0 Å². The van der Waals surface area contributed by atoms with Crippen LogP contribution in [0.2, 0.25) is 0 Å². The second-order valence-corrected chi connectivity index (χ2v) is 3.54. The molecule has 1 aromatic heterocycles. The molecule has 1 N–H and O–H groups in total. The lowest BCUT2D eigenvalue weighted by molar-refractivity contribution is -0.479. The second kappa shape index (κ2) is 6.03. The Balaban J connectivity index is 2.86. The van der Waals surface area contributed by atoms with Crippen LogP contribution < -0.4 is 0 Å². The first-order valence-electron chi connectivity index (χ1n) is 5.58. The highest BCUT2D eigenvalue weighted by atomic mass is 16.6. The van der Waals surface area contributed by atoms with Gasteiger partial charge in [0.15, 0.2) is 0 Å². The molecule has 0 spiro atoms.